The highest BCUT2D eigenvalue weighted by Gasteiger charge is 2.21. The van der Waals surface area contributed by atoms with Crippen molar-refractivity contribution in [3.05, 3.63) is 40.6 Å². The van der Waals surface area contributed by atoms with Crippen LogP contribution in [-0.4, -0.2) is 27.0 Å². The predicted molar refractivity (Wildman–Crippen MR) is 104 cm³/mol. The van der Waals surface area contributed by atoms with E-state index < -0.39 is 11.2 Å². The van der Waals surface area contributed by atoms with Crippen molar-refractivity contribution < 1.29 is 29.6 Å². The van der Waals surface area contributed by atoms with E-state index in [1.54, 1.807) is 0 Å². The number of hydrogen-bond donors (Lipinski definition) is 4. The van der Waals surface area contributed by atoms with Crippen LogP contribution in [0.25, 0.3) is 22.3 Å². The van der Waals surface area contributed by atoms with E-state index >= 15 is 0 Å². The van der Waals surface area contributed by atoms with Crippen molar-refractivity contribution in [2.24, 2.45) is 0 Å². The van der Waals surface area contributed by atoms with Crippen molar-refractivity contribution in [2.75, 3.05) is 6.61 Å². The van der Waals surface area contributed by atoms with Gasteiger partial charge in [0.2, 0.25) is 11.2 Å². The van der Waals surface area contributed by atoms with E-state index in [1.807, 2.05) is 0 Å². The summed E-state index contributed by atoms with van der Waals surface area (Å²) in [5, 5.41) is 39.0. The first-order valence-electron chi connectivity index (χ1n) is 9.10. The second-order valence-corrected chi connectivity index (χ2v) is 6.54. The Morgan fingerprint density at radius 1 is 0.929 bits per heavy atom. The molecular weight excluding hydrogens is 364 g/mol. The molecule has 0 spiro atoms. The summed E-state index contributed by atoms with van der Waals surface area (Å²) >= 11 is 0. The Bertz CT molecular complexity index is 1050. The third-order valence-electron chi connectivity index (χ3n) is 4.40. The van der Waals surface area contributed by atoms with E-state index in [1.165, 1.54) is 24.3 Å². The molecule has 0 unspecified atom stereocenters. The Kier molecular flexibility index (Phi) is 5.63. The monoisotopic (exact) mass is 386 g/mol. The molecule has 1 heterocycles. The molecule has 4 N–H and O–H groups in total. The number of rotatable bonds is 7. The van der Waals surface area contributed by atoms with Gasteiger partial charge in [-0.1, -0.05) is 26.2 Å². The van der Waals surface area contributed by atoms with Gasteiger partial charge in [-0.05, 0) is 24.6 Å². The molecule has 7 heteroatoms. The zero-order valence-corrected chi connectivity index (χ0v) is 15.4. The van der Waals surface area contributed by atoms with E-state index in [-0.39, 0.29) is 46.3 Å². The molecule has 0 saturated heterocycles. The van der Waals surface area contributed by atoms with Crippen molar-refractivity contribution in [3.63, 3.8) is 0 Å². The minimum atomic E-state index is -0.586. The molecule has 0 bridgehead atoms. The summed E-state index contributed by atoms with van der Waals surface area (Å²) in [6, 6.07) is 6.24. The molecule has 148 valence electrons. The zero-order valence-electron chi connectivity index (χ0n) is 15.4. The average Bonchev–Trinajstić information content (AvgIpc) is 2.64. The lowest BCUT2D eigenvalue weighted by molar-refractivity contribution is 0.297. The summed E-state index contributed by atoms with van der Waals surface area (Å²) in [6.45, 7) is 2.37. The number of phenols is 4. The van der Waals surface area contributed by atoms with Crippen molar-refractivity contribution >= 4 is 11.0 Å². The molecule has 2 aromatic carbocycles. The molecular formula is C21H22O7. The van der Waals surface area contributed by atoms with Gasteiger partial charge in [-0.15, -0.1) is 0 Å². The van der Waals surface area contributed by atoms with Gasteiger partial charge in [0.15, 0.2) is 17.3 Å². The summed E-state index contributed by atoms with van der Waals surface area (Å²) in [5.74, 6) is -1.44. The maximum Gasteiger partial charge on any atom is 0.239 e. The molecule has 3 aromatic rings. The molecule has 28 heavy (non-hydrogen) atoms. The second-order valence-electron chi connectivity index (χ2n) is 6.54. The van der Waals surface area contributed by atoms with Gasteiger partial charge >= 0.3 is 0 Å². The summed E-state index contributed by atoms with van der Waals surface area (Å²) in [6.07, 6.45) is 3.80. The maximum absolute atomic E-state index is 13.0. The van der Waals surface area contributed by atoms with Crippen LogP contribution in [0.15, 0.2) is 39.5 Å². The quantitative estimate of drug-likeness (QED) is 0.354. The fourth-order valence-corrected chi connectivity index (χ4v) is 2.96. The van der Waals surface area contributed by atoms with Crippen LogP contribution in [0.1, 0.15) is 32.6 Å². The lowest BCUT2D eigenvalue weighted by Crippen LogP contribution is -2.11. The highest BCUT2D eigenvalue weighted by Crippen LogP contribution is 2.38. The minimum Gasteiger partial charge on any atom is -0.508 e. The Morgan fingerprint density at radius 2 is 1.71 bits per heavy atom. The number of fused-ring (bicyclic) bond motifs is 1. The number of aromatic hydroxyl groups is 4. The predicted octanol–water partition coefficient (Wildman–Crippen LogP) is 4.24. The first-order chi connectivity index (χ1) is 13.4. The van der Waals surface area contributed by atoms with E-state index in [4.69, 9.17) is 9.15 Å². The van der Waals surface area contributed by atoms with Gasteiger partial charge in [-0.3, -0.25) is 4.79 Å². The lowest BCUT2D eigenvalue weighted by Gasteiger charge is -2.13. The molecule has 0 aliphatic heterocycles. The number of phenolic OH excluding ortho intramolecular Hbond substituents is 4. The van der Waals surface area contributed by atoms with Gasteiger partial charge in [0.1, 0.15) is 22.5 Å². The van der Waals surface area contributed by atoms with Crippen LogP contribution in [-0.2, 0) is 0 Å². The normalized spacial score (nSPS) is 11.0. The number of unbranched alkanes of at least 4 members (excludes halogenated alkanes) is 3. The highest BCUT2D eigenvalue weighted by atomic mass is 16.5. The Morgan fingerprint density at radius 3 is 2.43 bits per heavy atom. The van der Waals surface area contributed by atoms with Gasteiger partial charge < -0.3 is 29.6 Å². The van der Waals surface area contributed by atoms with Crippen LogP contribution in [0.2, 0.25) is 0 Å². The molecule has 3 rings (SSSR count). The second kappa shape index (κ2) is 8.12. The van der Waals surface area contributed by atoms with Crippen LogP contribution < -0.4 is 10.2 Å². The summed E-state index contributed by atoms with van der Waals surface area (Å²) in [5.41, 5.74) is -0.305. The van der Waals surface area contributed by atoms with Crippen molar-refractivity contribution in [1.29, 1.82) is 0 Å². The number of benzene rings is 2. The third-order valence-corrected chi connectivity index (χ3v) is 4.40. The molecule has 0 aliphatic carbocycles. The van der Waals surface area contributed by atoms with Gasteiger partial charge in [0, 0.05) is 17.7 Å². The lowest BCUT2D eigenvalue weighted by atomic mass is 10.1. The Hall–Kier alpha value is -3.35. The minimum absolute atomic E-state index is 0.0246. The SMILES string of the molecule is CCCCCCOc1c(-c2ccc(O)c(O)c2)oc2cc(O)cc(O)c2c1=O. The van der Waals surface area contributed by atoms with Crippen LogP contribution in [0.3, 0.4) is 0 Å². The fraction of sp³-hybridized carbons (Fsp3) is 0.286. The van der Waals surface area contributed by atoms with Crippen molar-refractivity contribution in [3.8, 4) is 40.1 Å². The molecule has 0 fully saturated rings. The number of ether oxygens (including phenoxy) is 1. The number of hydrogen-bond acceptors (Lipinski definition) is 7. The first-order valence-corrected chi connectivity index (χ1v) is 9.10. The van der Waals surface area contributed by atoms with Crippen LogP contribution in [0.4, 0.5) is 0 Å². The van der Waals surface area contributed by atoms with Crippen molar-refractivity contribution in [2.45, 2.75) is 32.6 Å². The van der Waals surface area contributed by atoms with E-state index in [9.17, 15) is 25.2 Å². The van der Waals surface area contributed by atoms with Gasteiger partial charge in [-0.25, -0.2) is 0 Å². The smallest absolute Gasteiger partial charge is 0.239 e. The van der Waals surface area contributed by atoms with Crippen LogP contribution in [0, 0.1) is 0 Å². The molecule has 1 aromatic heterocycles. The molecule has 0 radical (unpaired) electrons. The van der Waals surface area contributed by atoms with E-state index in [2.05, 4.69) is 6.92 Å². The van der Waals surface area contributed by atoms with Gasteiger partial charge in [-0.2, -0.15) is 0 Å². The molecule has 0 amide bonds. The van der Waals surface area contributed by atoms with E-state index in [0.29, 0.717) is 5.56 Å². The van der Waals surface area contributed by atoms with Gasteiger partial charge in [0.25, 0.3) is 0 Å². The third kappa shape index (κ3) is 3.83. The summed E-state index contributed by atoms with van der Waals surface area (Å²) in [7, 11) is 0. The van der Waals surface area contributed by atoms with E-state index in [0.717, 1.165) is 31.7 Å². The van der Waals surface area contributed by atoms with Crippen molar-refractivity contribution in [1.82, 2.24) is 0 Å². The van der Waals surface area contributed by atoms with Crippen LogP contribution in [0.5, 0.6) is 28.7 Å². The molecule has 0 atom stereocenters. The highest BCUT2D eigenvalue weighted by molar-refractivity contribution is 5.88. The topological polar surface area (TPSA) is 120 Å². The molecule has 0 saturated carbocycles. The zero-order chi connectivity index (χ0) is 20.3. The maximum atomic E-state index is 13.0. The summed E-state index contributed by atoms with van der Waals surface area (Å²) in [4.78, 5) is 13.0. The standard InChI is InChI=1S/C21H22O7/c1-2-3-4-5-8-27-21-19(26)18-16(25)10-13(22)11-17(18)28-20(21)12-6-7-14(23)15(24)9-12/h6-7,9-11,22-25H,2-5,8H2,1H3. The van der Waals surface area contributed by atoms with Gasteiger partial charge in [0.05, 0.1) is 6.61 Å². The Balaban J connectivity index is 2.14. The average molecular weight is 386 g/mol. The fourth-order valence-electron chi connectivity index (χ4n) is 2.96. The molecule has 0 aliphatic rings. The van der Waals surface area contributed by atoms with Crippen LogP contribution >= 0.6 is 0 Å². The summed E-state index contributed by atoms with van der Waals surface area (Å²) < 4.78 is 11.5. The molecule has 7 nitrogen and oxygen atoms in total. The first kappa shape index (κ1) is 19.4. The Labute approximate surface area is 161 Å². The largest absolute Gasteiger partial charge is 0.508 e.